The van der Waals surface area contributed by atoms with Crippen LogP contribution in [0.5, 0.6) is 5.75 Å². The second-order valence-electron chi connectivity index (χ2n) is 16.1. The molecule has 2 amide bonds. The molecule has 2 heterocycles. The van der Waals surface area contributed by atoms with Gasteiger partial charge in [-0.2, -0.15) is 0 Å². The number of esters is 1. The molecule has 7 rings (SSSR count). The summed E-state index contributed by atoms with van der Waals surface area (Å²) in [5.74, 6) is 1.30. The lowest BCUT2D eigenvalue weighted by Gasteiger charge is -2.64. The molecule has 1 aromatic rings. The van der Waals surface area contributed by atoms with Crippen molar-refractivity contribution in [1.82, 2.24) is 10.2 Å². The van der Waals surface area contributed by atoms with Gasteiger partial charge in [-0.3, -0.25) is 9.59 Å². The molecule has 0 aromatic heterocycles. The Morgan fingerprint density at radius 1 is 1.09 bits per heavy atom. The molecule has 1 aromatic carbocycles. The van der Waals surface area contributed by atoms with Crippen molar-refractivity contribution < 1.29 is 33.2 Å². The van der Waals surface area contributed by atoms with Crippen molar-refractivity contribution >= 4 is 24.9 Å². The molecule has 1 N–H and O–H groups in total. The first-order valence-electron chi connectivity index (χ1n) is 17.0. The van der Waals surface area contributed by atoms with Gasteiger partial charge in [0.1, 0.15) is 23.0 Å². The SMILES string of the molecule is CC(=O)N[C@H]1CC[C@H](C(=O)N2CC(Oc3ccc(CCB4O[C@@H]5C[C@@H]6C[C@@H](C6(C)C)[C@]5(C)O4)c(C)c3C(=O)OC(C)(C)C)C2)C1. The van der Waals surface area contributed by atoms with Crippen LogP contribution in [0, 0.1) is 30.1 Å². The Balaban J connectivity index is 1.10. The number of aryl methyl sites for hydroxylation is 1. The van der Waals surface area contributed by atoms with E-state index >= 15 is 0 Å². The Hall–Kier alpha value is -2.59. The third-order valence-corrected chi connectivity index (χ3v) is 11.4. The van der Waals surface area contributed by atoms with E-state index in [0.717, 1.165) is 30.4 Å². The number of carbonyl (C=O) groups is 3. The van der Waals surface area contributed by atoms with Gasteiger partial charge in [0.25, 0.3) is 0 Å². The fourth-order valence-corrected chi connectivity index (χ4v) is 8.79. The summed E-state index contributed by atoms with van der Waals surface area (Å²) in [5, 5.41) is 2.94. The smallest absolute Gasteiger partial charge is 0.457 e. The highest BCUT2D eigenvalue weighted by Crippen LogP contribution is 2.65. The first-order chi connectivity index (χ1) is 21.0. The lowest BCUT2D eigenvalue weighted by atomic mass is 9.43. The number of amides is 2. The van der Waals surface area contributed by atoms with E-state index in [1.165, 1.54) is 13.3 Å². The highest BCUT2D eigenvalue weighted by molar-refractivity contribution is 6.45. The van der Waals surface area contributed by atoms with E-state index in [0.29, 0.717) is 60.8 Å². The third kappa shape index (κ3) is 6.13. The van der Waals surface area contributed by atoms with Crippen LogP contribution in [0.25, 0.3) is 0 Å². The zero-order valence-corrected chi connectivity index (χ0v) is 28.4. The molecule has 10 heteroatoms. The minimum absolute atomic E-state index is 0.0553. The van der Waals surface area contributed by atoms with Crippen molar-refractivity contribution in [2.24, 2.45) is 23.2 Å². The second-order valence-corrected chi connectivity index (χ2v) is 16.1. The molecular formula is C35H51BN2O7. The molecule has 0 radical (unpaired) electrons. The van der Waals surface area contributed by atoms with E-state index in [4.69, 9.17) is 18.8 Å². The van der Waals surface area contributed by atoms with Crippen molar-refractivity contribution in [2.45, 2.75) is 130 Å². The summed E-state index contributed by atoms with van der Waals surface area (Å²) in [5.41, 5.74) is 1.74. The number of carbonyl (C=O) groups excluding carboxylic acids is 3. The standard InChI is InChI=1S/C35H51BN2O7/c1-20-22(13-14-36-44-29-17-24-16-28(34(24,6)7)35(29,8)45-36)10-12-27(30(20)32(41)43-33(3,4)5)42-26-18-38(19-26)31(40)23-9-11-25(15-23)37-21(2)39/h10,12,23-26,28-29H,9,11,13-19H2,1-8H3,(H,37,39)/t23-,24-,25-,28-,29+,35-/m0/s1. The van der Waals surface area contributed by atoms with Crippen LogP contribution < -0.4 is 10.1 Å². The lowest BCUT2D eigenvalue weighted by Crippen LogP contribution is -2.65. The average molecular weight is 623 g/mol. The Bertz CT molecular complexity index is 1350. The predicted molar refractivity (Wildman–Crippen MR) is 171 cm³/mol. The largest absolute Gasteiger partial charge is 0.486 e. The van der Waals surface area contributed by atoms with E-state index in [9.17, 15) is 14.4 Å². The summed E-state index contributed by atoms with van der Waals surface area (Å²) in [7, 11) is -0.262. The number of hydrogen-bond acceptors (Lipinski definition) is 7. The number of nitrogens with one attached hydrogen (secondary N) is 1. The Kier molecular flexibility index (Phi) is 8.33. The monoisotopic (exact) mass is 622 g/mol. The minimum Gasteiger partial charge on any atom is -0.486 e. The van der Waals surface area contributed by atoms with Gasteiger partial charge in [0.05, 0.1) is 24.8 Å². The average Bonchev–Trinajstić information content (AvgIpc) is 3.51. The molecule has 2 saturated heterocycles. The molecule has 4 saturated carbocycles. The van der Waals surface area contributed by atoms with Crippen LogP contribution in [0.4, 0.5) is 0 Å². The van der Waals surface area contributed by atoms with Crippen LogP contribution in [0.3, 0.4) is 0 Å². The Labute approximate surface area is 268 Å². The molecule has 0 spiro atoms. The lowest BCUT2D eigenvalue weighted by molar-refractivity contribution is -0.199. The fraction of sp³-hybridized carbons (Fsp3) is 0.743. The van der Waals surface area contributed by atoms with Gasteiger partial charge in [-0.25, -0.2) is 4.79 Å². The van der Waals surface area contributed by atoms with E-state index in [1.54, 1.807) is 0 Å². The summed E-state index contributed by atoms with van der Waals surface area (Å²) in [6, 6.07) is 3.97. The van der Waals surface area contributed by atoms with E-state index < -0.39 is 11.6 Å². The van der Waals surface area contributed by atoms with Crippen LogP contribution >= 0.6 is 0 Å². The Morgan fingerprint density at radius 3 is 2.49 bits per heavy atom. The van der Waals surface area contributed by atoms with Crippen molar-refractivity contribution in [2.75, 3.05) is 13.1 Å². The van der Waals surface area contributed by atoms with Crippen LogP contribution in [0.2, 0.25) is 6.32 Å². The maximum Gasteiger partial charge on any atom is 0.457 e. The van der Waals surface area contributed by atoms with Crippen LogP contribution in [0.1, 0.15) is 102 Å². The van der Waals surface area contributed by atoms with Gasteiger partial charge in [-0.15, -0.1) is 0 Å². The van der Waals surface area contributed by atoms with Gasteiger partial charge in [-0.05, 0) is 114 Å². The maximum absolute atomic E-state index is 13.5. The molecular weight excluding hydrogens is 571 g/mol. The zero-order chi connectivity index (χ0) is 32.5. The van der Waals surface area contributed by atoms with Crippen molar-refractivity contribution in [1.29, 1.82) is 0 Å². The van der Waals surface area contributed by atoms with E-state index in [2.05, 4.69) is 26.1 Å². The van der Waals surface area contributed by atoms with Gasteiger partial charge in [0, 0.05) is 18.9 Å². The minimum atomic E-state index is -0.654. The summed E-state index contributed by atoms with van der Waals surface area (Å²) in [4.78, 5) is 39.8. The highest BCUT2D eigenvalue weighted by atomic mass is 16.7. The molecule has 45 heavy (non-hydrogen) atoms. The predicted octanol–water partition coefficient (Wildman–Crippen LogP) is 5.12. The highest BCUT2D eigenvalue weighted by Gasteiger charge is 2.67. The molecule has 6 fully saturated rings. The first kappa shape index (κ1) is 32.4. The van der Waals surface area contributed by atoms with Gasteiger partial charge in [0.15, 0.2) is 0 Å². The third-order valence-electron chi connectivity index (χ3n) is 11.4. The van der Waals surface area contributed by atoms with Crippen molar-refractivity contribution in [3.8, 4) is 5.75 Å². The quantitative estimate of drug-likeness (QED) is 0.317. The molecule has 246 valence electrons. The Morgan fingerprint density at radius 2 is 1.82 bits per heavy atom. The molecule has 0 unspecified atom stereocenters. The van der Waals surface area contributed by atoms with Gasteiger partial charge < -0.3 is 29.0 Å². The second kappa shape index (κ2) is 11.6. The van der Waals surface area contributed by atoms with Crippen LogP contribution in [-0.2, 0) is 30.1 Å². The number of rotatable bonds is 8. The number of likely N-dealkylation sites (tertiary alicyclic amines) is 1. The molecule has 6 aliphatic rings. The molecule has 4 aliphatic carbocycles. The topological polar surface area (TPSA) is 103 Å². The van der Waals surface area contributed by atoms with Crippen LogP contribution in [0.15, 0.2) is 12.1 Å². The molecule has 9 nitrogen and oxygen atoms in total. The summed E-state index contributed by atoms with van der Waals surface area (Å²) >= 11 is 0. The van der Waals surface area contributed by atoms with E-state index in [-0.39, 0.29) is 48.7 Å². The zero-order valence-electron chi connectivity index (χ0n) is 28.4. The normalized spacial score (nSPS) is 32.0. The number of nitrogens with zero attached hydrogens (tertiary/aromatic N) is 1. The van der Waals surface area contributed by atoms with E-state index in [1.807, 2.05) is 44.7 Å². The summed E-state index contributed by atoms with van der Waals surface area (Å²) in [6.45, 7) is 17.0. The molecule has 6 atom stereocenters. The first-order valence-corrected chi connectivity index (χ1v) is 17.0. The van der Waals surface area contributed by atoms with Gasteiger partial charge in [-0.1, -0.05) is 19.9 Å². The van der Waals surface area contributed by atoms with Gasteiger partial charge >= 0.3 is 13.1 Å². The fourth-order valence-electron chi connectivity index (χ4n) is 8.79. The van der Waals surface area contributed by atoms with Gasteiger partial charge in [0.2, 0.25) is 11.8 Å². The van der Waals surface area contributed by atoms with Crippen molar-refractivity contribution in [3.63, 3.8) is 0 Å². The summed E-state index contributed by atoms with van der Waals surface area (Å²) < 4.78 is 25.3. The maximum atomic E-state index is 13.5. The molecule has 2 aliphatic heterocycles. The summed E-state index contributed by atoms with van der Waals surface area (Å²) in [6.07, 6.45) is 5.94. The molecule has 2 bridgehead atoms. The number of ether oxygens (including phenoxy) is 2. The number of hydrogen-bond donors (Lipinski definition) is 1. The van der Waals surface area contributed by atoms with Crippen molar-refractivity contribution in [3.05, 3.63) is 28.8 Å². The van der Waals surface area contributed by atoms with Crippen LogP contribution in [-0.4, -0.2) is 72.3 Å². The number of benzene rings is 1.